The summed E-state index contributed by atoms with van der Waals surface area (Å²) in [6.45, 7) is 3.08. The SMILES string of the molecule is CNC(=O)c1ccnc(N2CCOCC2)c1. The van der Waals surface area contributed by atoms with Gasteiger partial charge in [0.05, 0.1) is 13.2 Å². The highest BCUT2D eigenvalue weighted by molar-refractivity contribution is 5.94. The molecule has 0 atom stereocenters. The van der Waals surface area contributed by atoms with E-state index >= 15 is 0 Å². The summed E-state index contributed by atoms with van der Waals surface area (Å²) in [5.41, 5.74) is 0.638. The molecule has 0 radical (unpaired) electrons. The second-order valence-electron chi connectivity index (χ2n) is 3.58. The molecule has 1 aliphatic rings. The molecule has 1 saturated heterocycles. The summed E-state index contributed by atoms with van der Waals surface area (Å²) in [4.78, 5) is 17.9. The van der Waals surface area contributed by atoms with Crippen molar-refractivity contribution in [2.45, 2.75) is 0 Å². The molecule has 86 valence electrons. The Labute approximate surface area is 94.4 Å². The molecule has 2 heterocycles. The molecule has 0 unspecified atom stereocenters. The van der Waals surface area contributed by atoms with Crippen molar-refractivity contribution in [2.75, 3.05) is 38.3 Å². The Balaban J connectivity index is 2.17. The summed E-state index contributed by atoms with van der Waals surface area (Å²) < 4.78 is 5.27. The number of hydrogen-bond donors (Lipinski definition) is 1. The number of carbonyl (C=O) groups is 1. The number of anilines is 1. The van der Waals surface area contributed by atoms with Crippen LogP contribution in [0.4, 0.5) is 5.82 Å². The molecule has 5 nitrogen and oxygen atoms in total. The molecular formula is C11H15N3O2. The van der Waals surface area contributed by atoms with Gasteiger partial charge in [0.25, 0.3) is 5.91 Å². The van der Waals surface area contributed by atoms with Crippen LogP contribution in [0, 0.1) is 0 Å². The van der Waals surface area contributed by atoms with E-state index < -0.39 is 0 Å². The van der Waals surface area contributed by atoms with Gasteiger partial charge in [0.15, 0.2) is 0 Å². The van der Waals surface area contributed by atoms with E-state index in [-0.39, 0.29) is 5.91 Å². The molecule has 1 amide bonds. The lowest BCUT2D eigenvalue weighted by Gasteiger charge is -2.27. The minimum atomic E-state index is -0.0862. The third kappa shape index (κ3) is 2.30. The molecule has 1 aliphatic heterocycles. The number of nitrogens with zero attached hydrogens (tertiary/aromatic N) is 2. The van der Waals surface area contributed by atoms with Gasteiger partial charge in [-0.3, -0.25) is 4.79 Å². The molecular weight excluding hydrogens is 206 g/mol. The van der Waals surface area contributed by atoms with E-state index in [2.05, 4.69) is 15.2 Å². The first-order valence-corrected chi connectivity index (χ1v) is 5.32. The van der Waals surface area contributed by atoms with Gasteiger partial charge < -0.3 is 15.0 Å². The molecule has 0 aromatic carbocycles. The predicted octanol–water partition coefficient (Wildman–Crippen LogP) is 0.278. The van der Waals surface area contributed by atoms with Gasteiger partial charge in [0, 0.05) is 31.9 Å². The van der Waals surface area contributed by atoms with Crippen molar-refractivity contribution in [1.29, 1.82) is 0 Å². The average molecular weight is 221 g/mol. The maximum absolute atomic E-state index is 11.5. The molecule has 16 heavy (non-hydrogen) atoms. The van der Waals surface area contributed by atoms with Crippen LogP contribution in [0.5, 0.6) is 0 Å². The Morgan fingerprint density at radius 2 is 2.25 bits per heavy atom. The fourth-order valence-corrected chi connectivity index (χ4v) is 1.67. The van der Waals surface area contributed by atoms with E-state index in [1.165, 1.54) is 0 Å². The average Bonchev–Trinajstić information content (AvgIpc) is 2.39. The Morgan fingerprint density at radius 3 is 2.94 bits per heavy atom. The first kappa shape index (κ1) is 10.9. The second kappa shape index (κ2) is 4.94. The normalized spacial score (nSPS) is 15.9. The number of ether oxygens (including phenoxy) is 1. The lowest BCUT2D eigenvalue weighted by molar-refractivity contribution is 0.0963. The number of carbonyl (C=O) groups excluding carboxylic acids is 1. The largest absolute Gasteiger partial charge is 0.378 e. The van der Waals surface area contributed by atoms with Crippen LogP contribution < -0.4 is 10.2 Å². The first-order chi connectivity index (χ1) is 7.81. The highest BCUT2D eigenvalue weighted by Crippen LogP contribution is 2.14. The maximum Gasteiger partial charge on any atom is 0.251 e. The Hall–Kier alpha value is -1.62. The quantitative estimate of drug-likeness (QED) is 0.779. The predicted molar refractivity (Wildman–Crippen MR) is 60.7 cm³/mol. The van der Waals surface area contributed by atoms with E-state index in [0.717, 1.165) is 18.9 Å². The molecule has 0 bridgehead atoms. The highest BCUT2D eigenvalue weighted by atomic mass is 16.5. The number of rotatable bonds is 2. The number of aromatic nitrogens is 1. The monoisotopic (exact) mass is 221 g/mol. The lowest BCUT2D eigenvalue weighted by Crippen LogP contribution is -2.36. The van der Waals surface area contributed by atoms with Crippen molar-refractivity contribution >= 4 is 11.7 Å². The van der Waals surface area contributed by atoms with Crippen LogP contribution in [0.15, 0.2) is 18.3 Å². The van der Waals surface area contributed by atoms with E-state index in [1.54, 1.807) is 19.3 Å². The standard InChI is InChI=1S/C11H15N3O2/c1-12-11(15)9-2-3-13-10(8-9)14-4-6-16-7-5-14/h2-3,8H,4-7H2,1H3,(H,12,15). The van der Waals surface area contributed by atoms with Gasteiger partial charge in [-0.05, 0) is 12.1 Å². The van der Waals surface area contributed by atoms with Gasteiger partial charge in [-0.25, -0.2) is 4.98 Å². The van der Waals surface area contributed by atoms with E-state index in [1.807, 2.05) is 6.07 Å². The third-order valence-corrected chi connectivity index (χ3v) is 2.57. The zero-order valence-electron chi connectivity index (χ0n) is 9.27. The summed E-state index contributed by atoms with van der Waals surface area (Å²) in [5, 5.41) is 2.60. The van der Waals surface area contributed by atoms with Crippen molar-refractivity contribution in [1.82, 2.24) is 10.3 Å². The number of morpholine rings is 1. The second-order valence-corrected chi connectivity index (χ2v) is 3.58. The van der Waals surface area contributed by atoms with Crippen LogP contribution in [0.1, 0.15) is 10.4 Å². The fourth-order valence-electron chi connectivity index (χ4n) is 1.67. The Morgan fingerprint density at radius 1 is 1.50 bits per heavy atom. The number of hydrogen-bond acceptors (Lipinski definition) is 4. The van der Waals surface area contributed by atoms with Gasteiger partial charge >= 0.3 is 0 Å². The van der Waals surface area contributed by atoms with Gasteiger partial charge in [-0.15, -0.1) is 0 Å². The smallest absolute Gasteiger partial charge is 0.251 e. The number of nitrogens with one attached hydrogen (secondary N) is 1. The minimum Gasteiger partial charge on any atom is -0.378 e. The molecule has 0 aliphatic carbocycles. The van der Waals surface area contributed by atoms with Gasteiger partial charge in [0.2, 0.25) is 0 Å². The van der Waals surface area contributed by atoms with Crippen molar-refractivity contribution in [2.24, 2.45) is 0 Å². The Bertz CT molecular complexity index is 375. The Kier molecular flexibility index (Phi) is 3.36. The summed E-state index contributed by atoms with van der Waals surface area (Å²) in [7, 11) is 1.62. The summed E-state index contributed by atoms with van der Waals surface area (Å²) in [6, 6.07) is 3.52. The molecule has 2 rings (SSSR count). The highest BCUT2D eigenvalue weighted by Gasteiger charge is 2.13. The summed E-state index contributed by atoms with van der Waals surface area (Å²) in [6.07, 6.45) is 1.66. The van der Waals surface area contributed by atoms with Crippen molar-refractivity contribution in [3.63, 3.8) is 0 Å². The number of pyridine rings is 1. The van der Waals surface area contributed by atoms with E-state index in [9.17, 15) is 4.79 Å². The molecule has 0 spiro atoms. The zero-order chi connectivity index (χ0) is 11.4. The van der Waals surface area contributed by atoms with Gasteiger partial charge in [-0.1, -0.05) is 0 Å². The van der Waals surface area contributed by atoms with Crippen LogP contribution >= 0.6 is 0 Å². The van der Waals surface area contributed by atoms with Crippen molar-refractivity contribution in [3.8, 4) is 0 Å². The van der Waals surface area contributed by atoms with E-state index in [4.69, 9.17) is 4.74 Å². The fraction of sp³-hybridized carbons (Fsp3) is 0.455. The lowest BCUT2D eigenvalue weighted by atomic mass is 10.2. The van der Waals surface area contributed by atoms with Crippen LogP contribution in [0.3, 0.4) is 0 Å². The van der Waals surface area contributed by atoms with Gasteiger partial charge in [0.1, 0.15) is 5.82 Å². The number of amides is 1. The molecule has 1 N–H and O–H groups in total. The summed E-state index contributed by atoms with van der Waals surface area (Å²) in [5.74, 6) is 0.751. The minimum absolute atomic E-state index is 0.0862. The molecule has 1 fully saturated rings. The zero-order valence-corrected chi connectivity index (χ0v) is 9.27. The van der Waals surface area contributed by atoms with Crippen LogP contribution in [-0.2, 0) is 4.74 Å². The van der Waals surface area contributed by atoms with Crippen LogP contribution in [-0.4, -0.2) is 44.2 Å². The van der Waals surface area contributed by atoms with Crippen LogP contribution in [0.2, 0.25) is 0 Å². The van der Waals surface area contributed by atoms with Gasteiger partial charge in [-0.2, -0.15) is 0 Å². The molecule has 5 heteroatoms. The molecule has 0 saturated carbocycles. The topological polar surface area (TPSA) is 54.5 Å². The molecule has 1 aromatic rings. The first-order valence-electron chi connectivity index (χ1n) is 5.32. The maximum atomic E-state index is 11.5. The summed E-state index contributed by atoms with van der Waals surface area (Å²) >= 11 is 0. The van der Waals surface area contributed by atoms with Crippen molar-refractivity contribution in [3.05, 3.63) is 23.9 Å². The van der Waals surface area contributed by atoms with Crippen molar-refractivity contribution < 1.29 is 9.53 Å². The molecule has 1 aromatic heterocycles. The van der Waals surface area contributed by atoms with E-state index in [0.29, 0.717) is 18.8 Å². The third-order valence-electron chi connectivity index (χ3n) is 2.57. The van der Waals surface area contributed by atoms with Crippen LogP contribution in [0.25, 0.3) is 0 Å².